The van der Waals surface area contributed by atoms with Gasteiger partial charge in [-0.25, -0.2) is 0 Å². The fourth-order valence-corrected chi connectivity index (χ4v) is 2.77. The van der Waals surface area contributed by atoms with Crippen LogP contribution in [0.4, 0.5) is 0 Å². The molecular formula is C20H21N3O3. The van der Waals surface area contributed by atoms with Crippen LogP contribution in [0.5, 0.6) is 11.5 Å². The van der Waals surface area contributed by atoms with E-state index in [2.05, 4.69) is 15.5 Å². The van der Waals surface area contributed by atoms with Gasteiger partial charge in [-0.3, -0.25) is 9.89 Å². The Balaban J connectivity index is 1.85. The highest BCUT2D eigenvalue weighted by atomic mass is 16.5. The molecule has 26 heavy (non-hydrogen) atoms. The third-order valence-electron chi connectivity index (χ3n) is 4.20. The van der Waals surface area contributed by atoms with E-state index in [1.54, 1.807) is 20.3 Å². The molecule has 0 saturated heterocycles. The van der Waals surface area contributed by atoms with Gasteiger partial charge in [0.2, 0.25) is 0 Å². The molecule has 1 aromatic heterocycles. The van der Waals surface area contributed by atoms with Crippen LogP contribution in [0.3, 0.4) is 0 Å². The molecule has 0 unspecified atom stereocenters. The minimum Gasteiger partial charge on any atom is -0.493 e. The van der Waals surface area contributed by atoms with Crippen molar-refractivity contribution in [3.63, 3.8) is 0 Å². The zero-order valence-electron chi connectivity index (χ0n) is 14.9. The molecule has 3 rings (SSSR count). The van der Waals surface area contributed by atoms with Gasteiger partial charge in [0.15, 0.2) is 11.5 Å². The molecule has 0 aliphatic carbocycles. The van der Waals surface area contributed by atoms with Crippen molar-refractivity contribution in [1.82, 2.24) is 15.5 Å². The van der Waals surface area contributed by atoms with Crippen LogP contribution in [-0.2, 0) is 0 Å². The predicted octanol–water partition coefficient (Wildman–Crippen LogP) is 3.58. The second kappa shape index (κ2) is 7.74. The van der Waals surface area contributed by atoms with Gasteiger partial charge in [0, 0.05) is 5.56 Å². The van der Waals surface area contributed by atoms with Crippen LogP contribution in [0.1, 0.15) is 28.9 Å². The molecular weight excluding hydrogens is 330 g/mol. The van der Waals surface area contributed by atoms with Gasteiger partial charge in [-0.15, -0.1) is 0 Å². The van der Waals surface area contributed by atoms with Crippen molar-refractivity contribution >= 4 is 5.91 Å². The zero-order chi connectivity index (χ0) is 18.5. The van der Waals surface area contributed by atoms with Crippen LogP contribution in [0, 0.1) is 0 Å². The van der Waals surface area contributed by atoms with Gasteiger partial charge in [0.25, 0.3) is 5.91 Å². The average molecular weight is 351 g/mol. The number of hydrogen-bond acceptors (Lipinski definition) is 4. The number of aromatic amines is 1. The molecule has 134 valence electrons. The number of benzene rings is 2. The van der Waals surface area contributed by atoms with E-state index < -0.39 is 0 Å². The first-order valence-electron chi connectivity index (χ1n) is 8.25. The molecule has 0 spiro atoms. The maximum Gasteiger partial charge on any atom is 0.255 e. The summed E-state index contributed by atoms with van der Waals surface area (Å²) in [5.41, 5.74) is 2.93. The number of hydrogen-bond donors (Lipinski definition) is 2. The van der Waals surface area contributed by atoms with Crippen molar-refractivity contribution in [2.45, 2.75) is 13.0 Å². The summed E-state index contributed by atoms with van der Waals surface area (Å²) in [6, 6.07) is 15.2. The molecule has 0 aliphatic rings. The third kappa shape index (κ3) is 3.54. The van der Waals surface area contributed by atoms with Gasteiger partial charge in [-0.1, -0.05) is 30.3 Å². The third-order valence-corrected chi connectivity index (χ3v) is 4.20. The Labute approximate surface area is 152 Å². The maximum atomic E-state index is 12.7. The lowest BCUT2D eigenvalue weighted by Gasteiger charge is -2.14. The smallest absolute Gasteiger partial charge is 0.255 e. The van der Waals surface area contributed by atoms with Crippen molar-refractivity contribution in [1.29, 1.82) is 0 Å². The molecule has 0 saturated carbocycles. The van der Waals surface area contributed by atoms with Gasteiger partial charge in [0.1, 0.15) is 0 Å². The van der Waals surface area contributed by atoms with E-state index in [1.807, 2.05) is 49.4 Å². The van der Waals surface area contributed by atoms with Crippen LogP contribution in [0.2, 0.25) is 0 Å². The lowest BCUT2D eigenvalue weighted by molar-refractivity contribution is 0.0940. The predicted molar refractivity (Wildman–Crippen MR) is 99.5 cm³/mol. The lowest BCUT2D eigenvalue weighted by atomic mass is 10.1. The Morgan fingerprint density at radius 1 is 1.08 bits per heavy atom. The first-order valence-corrected chi connectivity index (χ1v) is 8.25. The Bertz CT molecular complexity index is 890. The number of amides is 1. The molecule has 0 radical (unpaired) electrons. The quantitative estimate of drug-likeness (QED) is 0.712. The highest BCUT2D eigenvalue weighted by Crippen LogP contribution is 2.32. The van der Waals surface area contributed by atoms with E-state index >= 15 is 0 Å². The van der Waals surface area contributed by atoms with E-state index in [9.17, 15) is 4.79 Å². The van der Waals surface area contributed by atoms with E-state index in [1.165, 1.54) is 6.20 Å². The highest BCUT2D eigenvalue weighted by Gasteiger charge is 2.19. The van der Waals surface area contributed by atoms with Crippen LogP contribution < -0.4 is 14.8 Å². The Morgan fingerprint density at radius 3 is 2.50 bits per heavy atom. The first kappa shape index (κ1) is 17.5. The Hall–Kier alpha value is -3.28. The van der Waals surface area contributed by atoms with Crippen LogP contribution >= 0.6 is 0 Å². The number of carbonyl (C=O) groups excluding carboxylic acids is 1. The lowest BCUT2D eigenvalue weighted by Crippen LogP contribution is -2.26. The Kier molecular flexibility index (Phi) is 5.22. The molecule has 1 atom stereocenters. The summed E-state index contributed by atoms with van der Waals surface area (Å²) in [5, 5.41) is 9.94. The largest absolute Gasteiger partial charge is 0.493 e. The second-order valence-corrected chi connectivity index (χ2v) is 5.83. The van der Waals surface area contributed by atoms with E-state index in [-0.39, 0.29) is 11.9 Å². The van der Waals surface area contributed by atoms with Gasteiger partial charge in [-0.05, 0) is 30.7 Å². The molecule has 6 nitrogen and oxygen atoms in total. The summed E-state index contributed by atoms with van der Waals surface area (Å²) in [5.74, 6) is 1.02. The highest BCUT2D eigenvalue weighted by molar-refractivity contribution is 6.00. The molecule has 1 amide bonds. The number of ether oxygens (including phenoxy) is 2. The minimum absolute atomic E-state index is 0.114. The van der Waals surface area contributed by atoms with Crippen molar-refractivity contribution in [3.8, 4) is 22.8 Å². The van der Waals surface area contributed by atoms with Gasteiger partial charge in [-0.2, -0.15) is 5.10 Å². The number of carbonyl (C=O) groups is 1. The van der Waals surface area contributed by atoms with Crippen molar-refractivity contribution in [2.75, 3.05) is 14.2 Å². The topological polar surface area (TPSA) is 76.2 Å². The standard InChI is InChI=1S/C20H21N3O3/c1-13(14-7-5-4-6-8-14)22-20(24)16-12-21-23-19(16)15-9-10-17(25-2)18(11-15)26-3/h4-13H,1-3H3,(H,21,23)(H,22,24)/t13-/m1/s1. The van der Waals surface area contributed by atoms with E-state index in [0.29, 0.717) is 22.8 Å². The number of rotatable bonds is 6. The second-order valence-electron chi connectivity index (χ2n) is 5.83. The van der Waals surface area contributed by atoms with Gasteiger partial charge < -0.3 is 14.8 Å². The van der Waals surface area contributed by atoms with Crippen molar-refractivity contribution < 1.29 is 14.3 Å². The number of nitrogens with one attached hydrogen (secondary N) is 2. The first-order chi connectivity index (χ1) is 12.6. The molecule has 3 aromatic rings. The average Bonchev–Trinajstić information content (AvgIpc) is 3.18. The summed E-state index contributed by atoms with van der Waals surface area (Å²) >= 11 is 0. The summed E-state index contributed by atoms with van der Waals surface area (Å²) in [6.07, 6.45) is 1.53. The maximum absolute atomic E-state index is 12.7. The fraction of sp³-hybridized carbons (Fsp3) is 0.200. The fourth-order valence-electron chi connectivity index (χ4n) is 2.77. The van der Waals surface area contributed by atoms with Gasteiger partial charge in [0.05, 0.1) is 37.7 Å². The monoisotopic (exact) mass is 351 g/mol. The van der Waals surface area contributed by atoms with Gasteiger partial charge >= 0.3 is 0 Å². The molecule has 6 heteroatoms. The molecule has 0 fully saturated rings. The molecule has 1 heterocycles. The van der Waals surface area contributed by atoms with Crippen LogP contribution in [0.15, 0.2) is 54.7 Å². The molecule has 2 aromatic carbocycles. The number of H-pyrrole nitrogens is 1. The summed E-state index contributed by atoms with van der Waals surface area (Å²) < 4.78 is 10.6. The van der Waals surface area contributed by atoms with Crippen molar-refractivity contribution in [3.05, 3.63) is 65.9 Å². The summed E-state index contributed by atoms with van der Waals surface area (Å²) in [4.78, 5) is 12.7. The van der Waals surface area contributed by atoms with Crippen LogP contribution in [0.25, 0.3) is 11.3 Å². The molecule has 2 N–H and O–H groups in total. The Morgan fingerprint density at radius 2 is 1.81 bits per heavy atom. The number of nitrogens with zero attached hydrogens (tertiary/aromatic N) is 1. The van der Waals surface area contributed by atoms with Crippen molar-refractivity contribution in [2.24, 2.45) is 0 Å². The molecule has 0 bridgehead atoms. The zero-order valence-corrected chi connectivity index (χ0v) is 14.9. The van der Waals surface area contributed by atoms with E-state index in [0.717, 1.165) is 11.1 Å². The number of aromatic nitrogens is 2. The molecule has 0 aliphatic heterocycles. The van der Waals surface area contributed by atoms with Crippen LogP contribution in [-0.4, -0.2) is 30.3 Å². The summed E-state index contributed by atoms with van der Waals surface area (Å²) in [7, 11) is 3.15. The SMILES string of the molecule is COc1ccc(-c2[nH]ncc2C(=O)N[C@H](C)c2ccccc2)cc1OC. The van der Waals surface area contributed by atoms with E-state index in [4.69, 9.17) is 9.47 Å². The normalized spacial score (nSPS) is 11.7. The number of methoxy groups -OCH3 is 2. The summed E-state index contributed by atoms with van der Waals surface area (Å²) in [6.45, 7) is 1.95. The minimum atomic E-state index is -0.195.